The van der Waals surface area contributed by atoms with E-state index in [1.54, 1.807) is 4.90 Å². The maximum Gasteiger partial charge on any atom is 0.122 e. The molecular weight excluding hydrogens is 266 g/mol. The van der Waals surface area contributed by atoms with Crippen LogP contribution in [-0.4, -0.2) is 46.1 Å². The van der Waals surface area contributed by atoms with Crippen molar-refractivity contribution in [3.05, 3.63) is 24.3 Å². The summed E-state index contributed by atoms with van der Waals surface area (Å²) in [5.41, 5.74) is 0. The van der Waals surface area contributed by atoms with Crippen LogP contribution < -0.4 is 14.4 Å². The quantitative estimate of drug-likeness (QED) is 0.701. The zero-order chi connectivity index (χ0) is 14.8. The van der Waals surface area contributed by atoms with E-state index in [1.165, 1.54) is 0 Å². The molecule has 0 radical (unpaired) electrons. The molecule has 1 fully saturated rings. The van der Waals surface area contributed by atoms with E-state index in [0.717, 1.165) is 76.8 Å². The van der Waals surface area contributed by atoms with Crippen LogP contribution in [0.1, 0.15) is 26.2 Å². The summed E-state index contributed by atoms with van der Waals surface area (Å²) in [6.07, 6.45) is 3.32. The highest BCUT2D eigenvalue weighted by atomic mass is 16.5. The van der Waals surface area contributed by atoms with Gasteiger partial charge >= 0.3 is 0 Å². The largest absolute Gasteiger partial charge is 0.493 e. The first kappa shape index (κ1) is 16.1. The number of quaternary nitrogens is 1. The van der Waals surface area contributed by atoms with Crippen LogP contribution in [0.25, 0.3) is 0 Å². The summed E-state index contributed by atoms with van der Waals surface area (Å²) in [5, 5.41) is 0. The Morgan fingerprint density at radius 2 is 1.71 bits per heavy atom. The predicted octanol–water partition coefficient (Wildman–Crippen LogP) is 1.55. The molecule has 1 N–H and O–H groups in total. The van der Waals surface area contributed by atoms with Gasteiger partial charge in [-0.3, -0.25) is 0 Å². The number of hydrogen-bond donors (Lipinski definition) is 1. The molecule has 118 valence electrons. The van der Waals surface area contributed by atoms with Crippen LogP contribution in [0, 0.1) is 0 Å². The van der Waals surface area contributed by atoms with E-state index in [4.69, 9.17) is 14.2 Å². The van der Waals surface area contributed by atoms with Gasteiger partial charge in [-0.05, 0) is 18.6 Å². The van der Waals surface area contributed by atoms with Gasteiger partial charge in [-0.15, -0.1) is 0 Å². The fourth-order valence-electron chi connectivity index (χ4n) is 2.41. The molecule has 1 aromatic rings. The number of ether oxygens (including phenoxy) is 3. The third-order valence-electron chi connectivity index (χ3n) is 3.72. The summed E-state index contributed by atoms with van der Waals surface area (Å²) in [5.74, 6) is 1.81. The highest BCUT2D eigenvalue weighted by Crippen LogP contribution is 2.19. The monoisotopic (exact) mass is 294 g/mol. The number of rotatable bonds is 9. The average molecular weight is 294 g/mol. The number of benzene rings is 1. The molecule has 0 saturated carbocycles. The van der Waals surface area contributed by atoms with Gasteiger partial charge in [-0.1, -0.05) is 19.4 Å². The lowest BCUT2D eigenvalue weighted by atomic mass is 10.3. The Morgan fingerprint density at radius 3 is 2.38 bits per heavy atom. The van der Waals surface area contributed by atoms with Gasteiger partial charge in [-0.25, -0.2) is 0 Å². The molecular formula is C17H28NO3+. The number of morpholine rings is 1. The maximum atomic E-state index is 5.82. The first-order valence-electron chi connectivity index (χ1n) is 8.15. The van der Waals surface area contributed by atoms with Gasteiger partial charge in [0.15, 0.2) is 0 Å². The molecule has 1 saturated heterocycles. The fraction of sp³-hybridized carbons (Fsp3) is 0.647. The second-order valence-corrected chi connectivity index (χ2v) is 5.49. The molecule has 1 aromatic carbocycles. The molecule has 1 heterocycles. The van der Waals surface area contributed by atoms with Crippen molar-refractivity contribution in [1.82, 2.24) is 0 Å². The van der Waals surface area contributed by atoms with Crippen molar-refractivity contribution in [3.63, 3.8) is 0 Å². The molecule has 0 amide bonds. The zero-order valence-corrected chi connectivity index (χ0v) is 13.1. The van der Waals surface area contributed by atoms with E-state index in [2.05, 4.69) is 6.92 Å². The van der Waals surface area contributed by atoms with E-state index < -0.39 is 0 Å². The highest BCUT2D eigenvalue weighted by molar-refractivity contribution is 5.32. The van der Waals surface area contributed by atoms with Gasteiger partial charge in [0.25, 0.3) is 0 Å². The van der Waals surface area contributed by atoms with E-state index in [1.807, 2.05) is 24.3 Å². The van der Waals surface area contributed by atoms with Crippen LogP contribution in [-0.2, 0) is 4.74 Å². The molecule has 4 nitrogen and oxygen atoms in total. The summed E-state index contributed by atoms with van der Waals surface area (Å²) in [6.45, 7) is 8.92. The number of unbranched alkanes of at least 4 members (excludes halogenated alkanes) is 1. The summed E-state index contributed by atoms with van der Waals surface area (Å²) in [6, 6.07) is 7.95. The average Bonchev–Trinajstić information content (AvgIpc) is 2.53. The van der Waals surface area contributed by atoms with E-state index in [0.29, 0.717) is 0 Å². The zero-order valence-electron chi connectivity index (χ0n) is 13.1. The van der Waals surface area contributed by atoms with Crippen LogP contribution in [0.5, 0.6) is 11.5 Å². The lowest BCUT2D eigenvalue weighted by molar-refractivity contribution is -0.908. The van der Waals surface area contributed by atoms with E-state index >= 15 is 0 Å². The SMILES string of the molecule is CCCCOc1cccc(OCCC[NH+]2CCOCC2)c1. The Labute approximate surface area is 128 Å². The van der Waals surface area contributed by atoms with Crippen LogP contribution >= 0.6 is 0 Å². The van der Waals surface area contributed by atoms with Crippen molar-refractivity contribution in [3.8, 4) is 11.5 Å². The molecule has 21 heavy (non-hydrogen) atoms. The van der Waals surface area contributed by atoms with Crippen LogP contribution in [0.3, 0.4) is 0 Å². The fourth-order valence-corrected chi connectivity index (χ4v) is 2.41. The van der Waals surface area contributed by atoms with Crippen LogP contribution in [0.2, 0.25) is 0 Å². The first-order chi connectivity index (χ1) is 10.4. The molecule has 1 aliphatic rings. The van der Waals surface area contributed by atoms with Crippen molar-refractivity contribution in [2.24, 2.45) is 0 Å². The summed E-state index contributed by atoms with van der Waals surface area (Å²) < 4.78 is 16.9. The molecule has 0 aromatic heterocycles. The lowest BCUT2D eigenvalue weighted by Gasteiger charge is -2.23. The molecule has 0 atom stereocenters. The van der Waals surface area contributed by atoms with Crippen LogP contribution in [0.15, 0.2) is 24.3 Å². The topological polar surface area (TPSA) is 32.1 Å². The molecule has 0 spiro atoms. The molecule has 4 heteroatoms. The van der Waals surface area contributed by atoms with Gasteiger partial charge in [0.2, 0.25) is 0 Å². The van der Waals surface area contributed by atoms with E-state index in [9.17, 15) is 0 Å². The number of nitrogens with one attached hydrogen (secondary N) is 1. The predicted molar refractivity (Wildman–Crippen MR) is 83.3 cm³/mol. The normalized spacial score (nSPS) is 15.9. The standard InChI is InChI=1S/C17H27NO3/c1-2-3-11-20-16-6-4-7-17(15-16)21-12-5-8-18-9-13-19-14-10-18/h4,6-7,15H,2-3,5,8-14H2,1H3/p+1. The third-order valence-corrected chi connectivity index (χ3v) is 3.72. The van der Waals surface area contributed by atoms with Crippen molar-refractivity contribution in [1.29, 1.82) is 0 Å². The van der Waals surface area contributed by atoms with E-state index in [-0.39, 0.29) is 0 Å². The molecule has 0 bridgehead atoms. The Kier molecular flexibility index (Phi) is 7.39. The summed E-state index contributed by atoms with van der Waals surface area (Å²) in [7, 11) is 0. The lowest BCUT2D eigenvalue weighted by Crippen LogP contribution is -3.14. The van der Waals surface area contributed by atoms with Crippen molar-refractivity contribution >= 4 is 0 Å². The van der Waals surface area contributed by atoms with Gasteiger partial charge in [0.05, 0.1) is 33.0 Å². The third kappa shape index (κ3) is 6.36. The van der Waals surface area contributed by atoms with Crippen molar-refractivity contribution in [2.45, 2.75) is 26.2 Å². The van der Waals surface area contributed by atoms with Crippen LogP contribution in [0.4, 0.5) is 0 Å². The molecule has 2 rings (SSSR count). The second kappa shape index (κ2) is 9.64. The minimum atomic E-state index is 0.767. The van der Waals surface area contributed by atoms with Gasteiger partial charge in [-0.2, -0.15) is 0 Å². The minimum absolute atomic E-state index is 0.767. The molecule has 0 unspecified atom stereocenters. The van der Waals surface area contributed by atoms with Gasteiger partial charge in [0, 0.05) is 12.5 Å². The summed E-state index contributed by atoms with van der Waals surface area (Å²) in [4.78, 5) is 1.63. The first-order valence-corrected chi connectivity index (χ1v) is 8.15. The van der Waals surface area contributed by atoms with Crippen molar-refractivity contribution < 1.29 is 19.1 Å². The maximum absolute atomic E-state index is 5.82. The Balaban J connectivity index is 1.64. The van der Waals surface area contributed by atoms with Gasteiger partial charge < -0.3 is 19.1 Å². The Morgan fingerprint density at radius 1 is 1.05 bits per heavy atom. The van der Waals surface area contributed by atoms with Gasteiger partial charge in [0.1, 0.15) is 24.6 Å². The second-order valence-electron chi connectivity index (χ2n) is 5.49. The number of hydrogen-bond acceptors (Lipinski definition) is 3. The molecule has 0 aliphatic carbocycles. The molecule has 1 aliphatic heterocycles. The Bertz CT molecular complexity index is 391. The van der Waals surface area contributed by atoms with Crippen molar-refractivity contribution in [2.75, 3.05) is 46.1 Å². The smallest absolute Gasteiger partial charge is 0.122 e. The Hall–Kier alpha value is -1.26. The highest BCUT2D eigenvalue weighted by Gasteiger charge is 2.12. The summed E-state index contributed by atoms with van der Waals surface area (Å²) >= 11 is 0. The minimum Gasteiger partial charge on any atom is -0.493 e.